The highest BCUT2D eigenvalue weighted by Gasteiger charge is 2.61. The van der Waals surface area contributed by atoms with Crippen LogP contribution >= 0.6 is 0 Å². The van der Waals surface area contributed by atoms with Gasteiger partial charge in [-0.2, -0.15) is 22.0 Å². The van der Waals surface area contributed by atoms with Gasteiger partial charge in [0.15, 0.2) is 0 Å². The van der Waals surface area contributed by atoms with E-state index in [2.05, 4.69) is 0 Å². The minimum Gasteiger partial charge on any atom is -0.196 e. The zero-order valence-corrected chi connectivity index (χ0v) is 4.39. The predicted molar refractivity (Wildman–Crippen MR) is 21.3 cm³/mol. The number of hydrogen-bond donors (Lipinski definition) is 0. The third-order valence-corrected chi connectivity index (χ3v) is 0.999. The molecule has 0 nitrogen and oxygen atoms in total. The Morgan fingerprint density at radius 2 is 1.60 bits per heavy atom. The normalized spacial score (nSPS) is 26.7. The second kappa shape index (κ2) is 1.61. The van der Waals surface area contributed by atoms with Gasteiger partial charge < -0.3 is 0 Å². The van der Waals surface area contributed by atoms with E-state index in [1.165, 1.54) is 0 Å². The van der Waals surface area contributed by atoms with Crippen LogP contribution in [0.25, 0.3) is 0 Å². The molecule has 0 aromatic carbocycles. The molecule has 0 spiro atoms. The molecule has 0 N–H and O–H groups in total. The van der Waals surface area contributed by atoms with Gasteiger partial charge in [0.2, 0.25) is 5.83 Å². The average Bonchev–Trinajstić information content (AvgIpc) is 1.94. The Kier molecular flexibility index (Phi) is 1.17. The lowest BCUT2D eigenvalue weighted by atomic mass is 10.2. The van der Waals surface area contributed by atoms with Crippen molar-refractivity contribution in [3.05, 3.63) is 17.6 Å². The molecule has 1 rings (SSSR count). The van der Waals surface area contributed by atoms with Gasteiger partial charge in [-0.15, -0.1) is 0 Å². The number of allylic oxidation sites excluding steroid dienone is 1. The molecule has 0 aromatic rings. The van der Waals surface area contributed by atoms with E-state index in [1.807, 2.05) is 0 Å². The Labute approximate surface area is 52.6 Å². The van der Waals surface area contributed by atoms with Gasteiger partial charge in [0.05, 0.1) is 6.08 Å². The molecule has 0 heterocycles. The second-order valence-corrected chi connectivity index (χ2v) is 1.71. The van der Waals surface area contributed by atoms with Crippen molar-refractivity contribution in [2.75, 3.05) is 0 Å². The predicted octanol–water partition coefficient (Wildman–Crippen LogP) is 2.08. The lowest BCUT2D eigenvalue weighted by Gasteiger charge is -2.15. The van der Waals surface area contributed by atoms with E-state index in [-0.39, 0.29) is 0 Å². The van der Waals surface area contributed by atoms with E-state index in [0.29, 0.717) is 0 Å². The van der Waals surface area contributed by atoms with Gasteiger partial charge in [-0.25, -0.2) is 0 Å². The summed E-state index contributed by atoms with van der Waals surface area (Å²) in [5.74, 6) is -11.6. The minimum absolute atomic E-state index is 0.791. The van der Waals surface area contributed by atoms with Gasteiger partial charge in [-0.3, -0.25) is 0 Å². The maximum Gasteiger partial charge on any atom is 0.373 e. The van der Waals surface area contributed by atoms with Crippen molar-refractivity contribution in [1.29, 1.82) is 0 Å². The number of rotatable bonds is 0. The van der Waals surface area contributed by atoms with Gasteiger partial charge in [-0.1, -0.05) is 5.73 Å². The van der Waals surface area contributed by atoms with Crippen LogP contribution < -0.4 is 0 Å². The zero-order valence-electron chi connectivity index (χ0n) is 4.39. The fourth-order valence-corrected chi connectivity index (χ4v) is 0.428. The Morgan fingerprint density at radius 1 is 1.10 bits per heavy atom. The topological polar surface area (TPSA) is 0 Å². The smallest absolute Gasteiger partial charge is 0.196 e. The van der Waals surface area contributed by atoms with Crippen LogP contribution in [0, 0.1) is 6.08 Å². The minimum atomic E-state index is -4.76. The van der Waals surface area contributed by atoms with Crippen molar-refractivity contribution in [3.63, 3.8) is 0 Å². The summed E-state index contributed by atoms with van der Waals surface area (Å²) in [4.78, 5) is 0. The third-order valence-electron chi connectivity index (χ3n) is 0.999. The lowest BCUT2D eigenvalue weighted by Crippen LogP contribution is -2.36. The van der Waals surface area contributed by atoms with Crippen LogP contribution in [0.2, 0.25) is 0 Å². The highest BCUT2D eigenvalue weighted by Crippen LogP contribution is 2.43. The summed E-state index contributed by atoms with van der Waals surface area (Å²) in [7, 11) is 0. The Hall–Kier alpha value is -0.830. The summed E-state index contributed by atoms with van der Waals surface area (Å²) in [6.45, 7) is 0. The molecule has 0 bridgehead atoms. The van der Waals surface area contributed by atoms with Gasteiger partial charge >= 0.3 is 11.8 Å². The Morgan fingerprint density at radius 3 is 1.70 bits per heavy atom. The van der Waals surface area contributed by atoms with E-state index >= 15 is 0 Å². The molecule has 1 aliphatic rings. The van der Waals surface area contributed by atoms with Crippen molar-refractivity contribution in [1.82, 2.24) is 0 Å². The summed E-state index contributed by atoms with van der Waals surface area (Å²) in [5, 5.41) is 0. The second-order valence-electron chi connectivity index (χ2n) is 1.71. The maximum absolute atomic E-state index is 11.8. The number of halogens is 5. The summed E-state index contributed by atoms with van der Waals surface area (Å²) in [6, 6.07) is 0. The van der Waals surface area contributed by atoms with Gasteiger partial charge in [0.25, 0.3) is 0 Å². The summed E-state index contributed by atoms with van der Waals surface area (Å²) < 4.78 is 58.9. The van der Waals surface area contributed by atoms with E-state index < -0.39 is 17.7 Å². The molecule has 0 fully saturated rings. The molecule has 0 aromatic heterocycles. The first-order valence-electron chi connectivity index (χ1n) is 2.19. The highest BCUT2D eigenvalue weighted by atomic mass is 19.3. The van der Waals surface area contributed by atoms with Crippen molar-refractivity contribution in [3.8, 4) is 0 Å². The monoisotopic (exact) mass is 155 g/mol. The number of hydrogen-bond acceptors (Lipinski definition) is 0. The zero-order chi connectivity index (χ0) is 7.99. The summed E-state index contributed by atoms with van der Waals surface area (Å²) >= 11 is 0. The van der Waals surface area contributed by atoms with Crippen molar-refractivity contribution < 1.29 is 22.0 Å². The summed E-state index contributed by atoms with van der Waals surface area (Å²) in [5.41, 5.74) is 1.00. The first-order chi connectivity index (χ1) is 4.38. The fourth-order valence-electron chi connectivity index (χ4n) is 0.428. The van der Waals surface area contributed by atoms with Gasteiger partial charge in [0.1, 0.15) is 0 Å². The summed E-state index contributed by atoms with van der Waals surface area (Å²) in [6.07, 6.45) is 0.791. The molecular weight excluding hydrogens is 155 g/mol. The van der Waals surface area contributed by atoms with Crippen LogP contribution in [0.4, 0.5) is 22.0 Å². The fraction of sp³-hybridized carbons (Fsp3) is 0.400. The average molecular weight is 155 g/mol. The third kappa shape index (κ3) is 0.671. The molecule has 0 amide bonds. The molecular formula is C5F5. The molecule has 10 heavy (non-hydrogen) atoms. The van der Waals surface area contributed by atoms with Gasteiger partial charge in [0, 0.05) is 0 Å². The molecule has 5 heteroatoms. The molecule has 0 aliphatic heterocycles. The van der Waals surface area contributed by atoms with E-state index in [4.69, 9.17) is 0 Å². The van der Waals surface area contributed by atoms with E-state index in [9.17, 15) is 22.0 Å². The van der Waals surface area contributed by atoms with Crippen LogP contribution in [-0.2, 0) is 0 Å². The van der Waals surface area contributed by atoms with Crippen molar-refractivity contribution in [2.24, 2.45) is 0 Å². The van der Waals surface area contributed by atoms with Crippen molar-refractivity contribution in [2.45, 2.75) is 11.8 Å². The maximum atomic E-state index is 11.8. The van der Waals surface area contributed by atoms with Gasteiger partial charge in [-0.05, 0) is 0 Å². The van der Waals surface area contributed by atoms with Crippen molar-refractivity contribution >= 4 is 0 Å². The molecule has 0 atom stereocenters. The van der Waals surface area contributed by atoms with Crippen LogP contribution in [0.1, 0.15) is 0 Å². The SMILES string of the molecule is FC1=C=[C]C(F)(F)C1(F)F. The Bertz CT molecular complexity index is 220. The molecule has 0 unspecified atom stereocenters. The first-order valence-corrected chi connectivity index (χ1v) is 2.19. The van der Waals surface area contributed by atoms with Crippen LogP contribution in [0.15, 0.2) is 11.6 Å². The Balaban J connectivity index is 3.06. The molecule has 55 valence electrons. The van der Waals surface area contributed by atoms with E-state index in [0.717, 1.165) is 11.8 Å². The molecule has 1 radical (unpaired) electrons. The molecule has 0 saturated carbocycles. The quantitative estimate of drug-likeness (QED) is 0.371. The largest absolute Gasteiger partial charge is 0.373 e. The number of alkyl halides is 4. The molecule has 1 aliphatic carbocycles. The van der Waals surface area contributed by atoms with Crippen LogP contribution in [0.5, 0.6) is 0 Å². The van der Waals surface area contributed by atoms with Crippen LogP contribution in [0.3, 0.4) is 0 Å². The highest BCUT2D eigenvalue weighted by molar-refractivity contribution is 5.19. The lowest BCUT2D eigenvalue weighted by molar-refractivity contribution is -0.162. The first kappa shape index (κ1) is 7.28. The standard InChI is InChI=1S/C5F5/c6-3-1-2-4(7,8)5(3,9)10. The van der Waals surface area contributed by atoms with E-state index in [1.54, 1.807) is 0 Å². The van der Waals surface area contributed by atoms with Crippen LogP contribution in [-0.4, -0.2) is 11.8 Å². The molecule has 0 saturated heterocycles.